The number of nitrogens with two attached hydrogens (primary N) is 1. The highest BCUT2D eigenvalue weighted by Gasteiger charge is 2.68. The summed E-state index contributed by atoms with van der Waals surface area (Å²) in [5.74, 6) is 2.97. The molecule has 0 aromatic carbocycles. The van der Waals surface area contributed by atoms with Gasteiger partial charge in [0.25, 0.3) is 0 Å². The molecule has 0 aromatic rings. The Hall–Kier alpha value is -1.33. The Morgan fingerprint density at radius 3 is 2.31 bits per heavy atom. The van der Waals surface area contributed by atoms with Gasteiger partial charge in [-0.2, -0.15) is 0 Å². The second-order valence-corrected chi connectivity index (χ2v) is 17.6. The van der Waals surface area contributed by atoms with E-state index in [4.69, 9.17) is 47.8 Å². The Balaban J connectivity index is 0.00000203. The summed E-state index contributed by atoms with van der Waals surface area (Å²) >= 11 is 0. The van der Waals surface area contributed by atoms with Gasteiger partial charge in [-0.15, -0.1) is 0 Å². The van der Waals surface area contributed by atoms with Gasteiger partial charge in [0.1, 0.15) is 36.3 Å². The molecule has 0 aliphatic carbocycles. The Labute approximate surface area is 319 Å². The van der Waals surface area contributed by atoms with Crippen LogP contribution in [0, 0.1) is 11.8 Å². The van der Waals surface area contributed by atoms with Crippen LogP contribution in [0.25, 0.3) is 0 Å². The van der Waals surface area contributed by atoms with Crippen LogP contribution in [-0.4, -0.2) is 127 Å². The molecule has 0 radical (unpaired) electrons. The van der Waals surface area contributed by atoms with Gasteiger partial charge >= 0.3 is 0 Å². The summed E-state index contributed by atoms with van der Waals surface area (Å²) in [6.45, 7) is 13.1. The van der Waals surface area contributed by atoms with Crippen molar-refractivity contribution in [3.8, 4) is 0 Å². The summed E-state index contributed by atoms with van der Waals surface area (Å²) in [5.41, 5.74) is 2.23. The molecule has 54 heavy (non-hydrogen) atoms. The minimum absolute atomic E-state index is 0.00556. The zero-order chi connectivity index (χ0) is 37.9. The van der Waals surface area contributed by atoms with E-state index in [1.54, 1.807) is 7.11 Å². The first kappa shape index (κ1) is 39.5. The average Bonchev–Trinajstić information content (AvgIpc) is 3.84. The van der Waals surface area contributed by atoms with Crippen molar-refractivity contribution < 1.29 is 57.7 Å². The van der Waals surface area contributed by atoms with Crippen LogP contribution >= 0.6 is 0 Å². The van der Waals surface area contributed by atoms with E-state index in [2.05, 4.69) is 26.0 Å². The van der Waals surface area contributed by atoms with E-state index in [1.807, 2.05) is 6.92 Å². The zero-order valence-corrected chi connectivity index (χ0v) is 32.3. The molecular weight excluding hydrogens is 698 g/mol. The Bertz CT molecular complexity index is 1380. The molecule has 12 bridgehead atoms. The standard InChI is InChI=1S/C41H60O11.H3NO/c1-6-23(42)17-33-35(44-5)28-16-24(43)15-26-8-10-30-36(47-26)40-39-38(49-30)37-34(50-39)19-41(51-37,52-40)12-11-27-14-21(3)29(45-27)9-7-25-13-20(2)22(4)31(46-25)18-32(28)48-33;1-2/h20,23,25-40,42H,3-4,6-19H2,1-2,5H3;2H,1H2/t20-,23-,25+,26-,27+,28+,29?,30+,31?,32+,33-,34-,35-,36+,37+,38+,39-,40+,41+;/m1./s1. The van der Waals surface area contributed by atoms with Gasteiger partial charge < -0.3 is 52.9 Å². The van der Waals surface area contributed by atoms with E-state index in [0.29, 0.717) is 50.9 Å². The monoisotopic (exact) mass is 761 g/mol. The minimum atomic E-state index is -0.772. The molecule has 0 amide bonds. The number of hydrogen-bond acceptors (Lipinski definition) is 13. The third-order valence-electron chi connectivity index (χ3n) is 14.2. The van der Waals surface area contributed by atoms with Crippen LogP contribution in [0.5, 0.6) is 0 Å². The Kier molecular flexibility index (Phi) is 11.8. The number of Topliss-reactive ketones (excluding diaryl/α,β-unsaturated/α-hetero) is 1. The van der Waals surface area contributed by atoms with Gasteiger partial charge in [0.2, 0.25) is 0 Å². The van der Waals surface area contributed by atoms with Gasteiger partial charge in [0.05, 0.1) is 67.1 Å². The van der Waals surface area contributed by atoms with Crippen molar-refractivity contribution in [1.29, 1.82) is 0 Å². The number of ether oxygens (including phenoxy) is 9. The van der Waals surface area contributed by atoms with Crippen LogP contribution in [0.15, 0.2) is 24.3 Å². The molecule has 10 aliphatic rings. The van der Waals surface area contributed by atoms with Gasteiger partial charge in [-0.3, -0.25) is 4.79 Å². The average molecular weight is 762 g/mol. The summed E-state index contributed by atoms with van der Waals surface area (Å²) in [5, 5.41) is 17.2. The molecule has 13 heteroatoms. The van der Waals surface area contributed by atoms with Crippen LogP contribution in [0.2, 0.25) is 0 Å². The first-order chi connectivity index (χ1) is 26.1. The van der Waals surface area contributed by atoms with E-state index in [9.17, 15) is 9.90 Å². The number of carbonyl (C=O) groups is 1. The van der Waals surface area contributed by atoms with Crippen LogP contribution < -0.4 is 5.90 Å². The van der Waals surface area contributed by atoms with Gasteiger partial charge in [-0.25, -0.2) is 5.90 Å². The number of hydrogen-bond donors (Lipinski definition) is 3. The van der Waals surface area contributed by atoms with E-state index in [0.717, 1.165) is 56.1 Å². The lowest BCUT2D eigenvalue weighted by atomic mass is 9.81. The van der Waals surface area contributed by atoms with Crippen molar-refractivity contribution in [1.82, 2.24) is 0 Å². The predicted octanol–water partition coefficient (Wildman–Crippen LogP) is 4.22. The lowest BCUT2D eigenvalue weighted by Crippen LogP contribution is -2.61. The van der Waals surface area contributed by atoms with Crippen molar-refractivity contribution in [2.24, 2.45) is 17.7 Å². The molecule has 10 heterocycles. The molecule has 10 rings (SSSR count). The Morgan fingerprint density at radius 1 is 0.796 bits per heavy atom. The number of fused-ring (bicyclic) bond motifs is 6. The van der Waals surface area contributed by atoms with Crippen LogP contribution in [-0.2, 0) is 47.4 Å². The van der Waals surface area contributed by atoms with Crippen molar-refractivity contribution in [2.45, 2.75) is 207 Å². The topological polar surface area (TPSA) is 167 Å². The van der Waals surface area contributed by atoms with Gasteiger partial charge in [0, 0.05) is 51.6 Å². The first-order valence-corrected chi connectivity index (χ1v) is 20.7. The third kappa shape index (κ3) is 7.43. The molecule has 4 N–H and O–H groups in total. The fourth-order valence-corrected chi connectivity index (χ4v) is 11.4. The van der Waals surface area contributed by atoms with E-state index >= 15 is 0 Å². The van der Waals surface area contributed by atoms with E-state index in [-0.39, 0.29) is 103 Å². The Morgan fingerprint density at radius 2 is 1.52 bits per heavy atom. The maximum absolute atomic E-state index is 14.1. The SMILES string of the molecule is C=C1C[C@@H]2CC[C@@]34C[C@H]5O[C@H]6[C@@H](O3)[C@H]3O[C@H](CC[C@@H]3O[C@H]6[C@H]5O4)CC(=O)C[C@@H]3[C@@H](OC)[C@@H](C[C@H](O)CC)O[C@H]3CC3O[C@@H](CCC1O2)C[C@@H](C)C3=C.NO. The smallest absolute Gasteiger partial charge is 0.172 e. The molecule has 0 aromatic heterocycles. The molecule has 2 unspecified atom stereocenters. The second-order valence-electron chi connectivity index (χ2n) is 17.6. The van der Waals surface area contributed by atoms with Gasteiger partial charge in [-0.05, 0) is 68.4 Å². The van der Waals surface area contributed by atoms with Crippen LogP contribution in [0.3, 0.4) is 0 Å². The molecule has 13 nitrogen and oxygen atoms in total. The fourth-order valence-electron chi connectivity index (χ4n) is 11.4. The molecule has 10 saturated heterocycles. The van der Waals surface area contributed by atoms with Crippen molar-refractivity contribution in [2.75, 3.05) is 7.11 Å². The number of ketones is 1. The van der Waals surface area contributed by atoms with Crippen molar-refractivity contribution >= 4 is 5.78 Å². The summed E-state index contributed by atoms with van der Waals surface area (Å²) in [4.78, 5) is 14.1. The molecule has 19 atom stereocenters. The van der Waals surface area contributed by atoms with Gasteiger partial charge in [-0.1, -0.05) is 27.0 Å². The second kappa shape index (κ2) is 16.1. The largest absolute Gasteiger partial charge is 0.393 e. The molecule has 10 fully saturated rings. The number of carbonyl (C=O) groups excluding carboxylic acids is 1. The van der Waals surface area contributed by atoms with Crippen molar-refractivity contribution in [3.63, 3.8) is 0 Å². The lowest BCUT2D eigenvalue weighted by Gasteiger charge is -2.47. The highest BCUT2D eigenvalue weighted by molar-refractivity contribution is 5.79. The fraction of sp³-hybridized carbons (Fsp3) is 0.878. The first-order valence-electron chi connectivity index (χ1n) is 20.7. The maximum Gasteiger partial charge on any atom is 0.172 e. The molecule has 0 saturated carbocycles. The molecule has 304 valence electrons. The highest BCUT2D eigenvalue weighted by atomic mass is 16.8. The molecule has 1 spiro atoms. The summed E-state index contributed by atoms with van der Waals surface area (Å²) in [6.07, 6.45) is 6.32. The normalized spacial score (nSPS) is 50.6. The van der Waals surface area contributed by atoms with Crippen LogP contribution in [0.1, 0.15) is 104 Å². The van der Waals surface area contributed by atoms with Gasteiger partial charge in [0.15, 0.2) is 5.79 Å². The molecular formula is C41H63NO12. The van der Waals surface area contributed by atoms with Crippen LogP contribution in [0.4, 0.5) is 0 Å². The maximum atomic E-state index is 14.1. The summed E-state index contributed by atoms with van der Waals surface area (Å²) in [7, 11) is 1.69. The summed E-state index contributed by atoms with van der Waals surface area (Å²) < 4.78 is 60.2. The number of aliphatic hydroxyl groups excluding tert-OH is 1. The zero-order valence-electron chi connectivity index (χ0n) is 32.3. The van der Waals surface area contributed by atoms with E-state index in [1.165, 1.54) is 0 Å². The number of methoxy groups -OCH3 is 1. The lowest BCUT2D eigenvalue weighted by molar-refractivity contribution is -0.292. The quantitative estimate of drug-likeness (QED) is 0.276. The van der Waals surface area contributed by atoms with E-state index < -0.39 is 11.9 Å². The molecule has 10 aliphatic heterocycles. The van der Waals surface area contributed by atoms with Crippen molar-refractivity contribution in [3.05, 3.63) is 24.3 Å². The third-order valence-corrected chi connectivity index (χ3v) is 14.2. The summed E-state index contributed by atoms with van der Waals surface area (Å²) in [6, 6.07) is 0. The minimum Gasteiger partial charge on any atom is -0.393 e. The number of aliphatic hydroxyl groups is 1. The number of rotatable bonds is 4. The highest BCUT2D eigenvalue weighted by Crippen LogP contribution is 2.54. The predicted molar refractivity (Wildman–Crippen MR) is 193 cm³/mol.